The monoisotopic (exact) mass is 228 g/mol. The summed E-state index contributed by atoms with van der Waals surface area (Å²) < 4.78 is 4.57. The first-order valence-electron chi connectivity index (χ1n) is 3.53. The summed E-state index contributed by atoms with van der Waals surface area (Å²) >= 11 is 3.23. The van der Waals surface area contributed by atoms with Gasteiger partial charge in [0.25, 0.3) is 0 Å². The number of ether oxygens (including phenoxy) is 1. The molecule has 1 aliphatic rings. The number of hydrogen-bond acceptors (Lipinski definition) is 2. The van der Waals surface area contributed by atoms with Crippen LogP contribution < -0.4 is 0 Å². The van der Waals surface area contributed by atoms with Crippen molar-refractivity contribution in [1.82, 2.24) is 0 Å². The van der Waals surface area contributed by atoms with Crippen LogP contribution in [0.5, 0.6) is 0 Å². The molecule has 0 aromatic heterocycles. The highest BCUT2D eigenvalue weighted by molar-refractivity contribution is 9.11. The smallest absolute Gasteiger partial charge is 0.337 e. The zero-order valence-corrected chi connectivity index (χ0v) is 8.30. The Labute approximate surface area is 79.7 Å². The summed E-state index contributed by atoms with van der Waals surface area (Å²) in [7, 11) is 1.38. The van der Waals surface area contributed by atoms with E-state index in [9.17, 15) is 4.79 Å². The van der Waals surface area contributed by atoms with Gasteiger partial charge in [0.2, 0.25) is 0 Å². The fraction of sp³-hybridized carbons (Fsp3) is 0.222. The summed E-state index contributed by atoms with van der Waals surface area (Å²) in [4.78, 5) is 12.8. The molecule has 0 aliphatic heterocycles. The Balaban J connectivity index is 2.70. The molecule has 64 valence electrons. The highest BCUT2D eigenvalue weighted by Gasteiger charge is 2.08. The molecule has 0 saturated heterocycles. The van der Waals surface area contributed by atoms with Crippen LogP contribution in [0.25, 0.3) is 0 Å². The van der Waals surface area contributed by atoms with Gasteiger partial charge in [-0.15, -0.1) is 0 Å². The number of hydrogen-bond donors (Lipinski definition) is 0. The average molecular weight is 229 g/mol. The van der Waals surface area contributed by atoms with Crippen LogP contribution in [-0.2, 0) is 9.53 Å². The van der Waals surface area contributed by atoms with E-state index in [1.165, 1.54) is 7.11 Å². The molecular formula is C9H9BrO2. The van der Waals surface area contributed by atoms with E-state index >= 15 is 0 Å². The van der Waals surface area contributed by atoms with Crippen molar-refractivity contribution >= 4 is 21.9 Å². The highest BCUT2D eigenvalue weighted by Crippen LogP contribution is 2.17. The second-order valence-corrected chi connectivity index (χ2v) is 2.83. The van der Waals surface area contributed by atoms with Gasteiger partial charge in [-0.2, -0.15) is 0 Å². The first-order valence-corrected chi connectivity index (χ1v) is 4.45. The van der Waals surface area contributed by atoms with Crippen molar-refractivity contribution in [2.75, 3.05) is 7.11 Å². The van der Waals surface area contributed by atoms with Gasteiger partial charge in [-0.1, -0.05) is 28.1 Å². The molecule has 0 saturated carbocycles. The van der Waals surface area contributed by atoms with Crippen molar-refractivity contribution < 1.29 is 9.53 Å². The molecule has 0 aromatic carbocycles. The molecule has 0 spiro atoms. The molecular weight excluding hydrogens is 220 g/mol. The predicted molar refractivity (Wildman–Crippen MR) is 50.9 cm³/mol. The largest absolute Gasteiger partial charge is 0.465 e. The number of carbonyl (C=O) groups is 1. The second kappa shape index (κ2) is 4.26. The number of esters is 1. The molecule has 0 atom stereocenters. The maximum Gasteiger partial charge on any atom is 0.337 e. The minimum Gasteiger partial charge on any atom is -0.465 e. The number of methoxy groups -OCH3 is 1. The van der Waals surface area contributed by atoms with Crippen molar-refractivity contribution in [2.45, 2.75) is 6.42 Å². The maximum atomic E-state index is 11.0. The lowest BCUT2D eigenvalue weighted by molar-refractivity contribution is -0.135. The molecule has 0 aromatic rings. The lowest BCUT2D eigenvalue weighted by Gasteiger charge is -2.05. The van der Waals surface area contributed by atoms with E-state index in [0.717, 1.165) is 12.0 Å². The van der Waals surface area contributed by atoms with Crippen LogP contribution in [0, 0.1) is 0 Å². The van der Waals surface area contributed by atoms with E-state index in [1.807, 2.05) is 17.1 Å². The van der Waals surface area contributed by atoms with Crippen molar-refractivity contribution in [1.29, 1.82) is 0 Å². The van der Waals surface area contributed by atoms with Gasteiger partial charge in [0.15, 0.2) is 0 Å². The van der Waals surface area contributed by atoms with Gasteiger partial charge >= 0.3 is 5.97 Å². The lowest BCUT2D eigenvalue weighted by atomic mass is 10.0. The zero-order valence-electron chi connectivity index (χ0n) is 6.71. The van der Waals surface area contributed by atoms with Crippen LogP contribution in [0.3, 0.4) is 0 Å². The van der Waals surface area contributed by atoms with E-state index < -0.39 is 0 Å². The third kappa shape index (κ3) is 2.08. The Kier molecular flexibility index (Phi) is 3.29. The van der Waals surface area contributed by atoms with Crippen LogP contribution in [-0.4, -0.2) is 13.1 Å². The third-order valence-corrected chi connectivity index (χ3v) is 2.18. The van der Waals surface area contributed by atoms with Gasteiger partial charge in [0.05, 0.1) is 12.7 Å². The summed E-state index contributed by atoms with van der Waals surface area (Å²) in [6, 6.07) is 0. The SMILES string of the molecule is COC(=O)C1=CCC(=CBr)C=C1. The van der Waals surface area contributed by atoms with Gasteiger partial charge < -0.3 is 4.74 Å². The summed E-state index contributed by atoms with van der Waals surface area (Å²) in [5, 5.41) is 0. The molecule has 3 heteroatoms. The van der Waals surface area contributed by atoms with E-state index in [2.05, 4.69) is 20.7 Å². The number of halogens is 1. The zero-order chi connectivity index (χ0) is 8.97. The fourth-order valence-electron chi connectivity index (χ4n) is 0.911. The van der Waals surface area contributed by atoms with E-state index in [4.69, 9.17) is 0 Å². The van der Waals surface area contributed by atoms with Crippen molar-refractivity contribution in [3.05, 3.63) is 34.4 Å². The van der Waals surface area contributed by atoms with Gasteiger partial charge in [-0.25, -0.2) is 4.79 Å². The second-order valence-electron chi connectivity index (χ2n) is 2.37. The van der Waals surface area contributed by atoms with Crippen LogP contribution in [0.2, 0.25) is 0 Å². The Morgan fingerprint density at radius 3 is 2.83 bits per heavy atom. The standard InChI is InChI=1S/C9H9BrO2/c1-12-9(11)8-4-2-7(6-10)3-5-8/h2,4-6H,3H2,1H3. The topological polar surface area (TPSA) is 26.3 Å². The van der Waals surface area contributed by atoms with Gasteiger partial charge in [-0.3, -0.25) is 0 Å². The number of rotatable bonds is 1. The first-order chi connectivity index (χ1) is 5.77. The Morgan fingerprint density at radius 2 is 2.42 bits per heavy atom. The summed E-state index contributed by atoms with van der Waals surface area (Å²) in [6.45, 7) is 0. The molecule has 0 radical (unpaired) electrons. The molecule has 0 bridgehead atoms. The van der Waals surface area contributed by atoms with Gasteiger partial charge in [-0.05, 0) is 23.1 Å². The Morgan fingerprint density at radius 1 is 1.67 bits per heavy atom. The molecule has 0 N–H and O–H groups in total. The van der Waals surface area contributed by atoms with Crippen LogP contribution in [0.15, 0.2) is 34.4 Å². The molecule has 0 fully saturated rings. The van der Waals surface area contributed by atoms with Gasteiger partial charge in [0.1, 0.15) is 0 Å². The maximum absolute atomic E-state index is 11.0. The first kappa shape index (κ1) is 9.26. The number of allylic oxidation sites excluding steroid dienone is 3. The summed E-state index contributed by atoms with van der Waals surface area (Å²) in [5.74, 6) is -0.278. The molecule has 0 amide bonds. The van der Waals surface area contributed by atoms with Crippen LogP contribution >= 0.6 is 15.9 Å². The van der Waals surface area contributed by atoms with Crippen molar-refractivity contribution in [3.63, 3.8) is 0 Å². The molecule has 0 unspecified atom stereocenters. The predicted octanol–water partition coefficient (Wildman–Crippen LogP) is 2.32. The van der Waals surface area contributed by atoms with E-state index in [0.29, 0.717) is 5.57 Å². The van der Waals surface area contributed by atoms with Crippen LogP contribution in [0.4, 0.5) is 0 Å². The highest BCUT2D eigenvalue weighted by atomic mass is 79.9. The van der Waals surface area contributed by atoms with E-state index in [1.54, 1.807) is 6.08 Å². The number of carbonyl (C=O) groups excluding carboxylic acids is 1. The molecule has 1 aliphatic carbocycles. The minimum absolute atomic E-state index is 0.278. The third-order valence-electron chi connectivity index (χ3n) is 1.60. The summed E-state index contributed by atoms with van der Waals surface area (Å²) in [5.41, 5.74) is 1.76. The Hall–Kier alpha value is -0.830. The average Bonchev–Trinajstić information content (AvgIpc) is 2.17. The molecule has 1 rings (SSSR count). The van der Waals surface area contributed by atoms with Crippen molar-refractivity contribution in [2.24, 2.45) is 0 Å². The minimum atomic E-state index is -0.278. The molecule has 2 nitrogen and oxygen atoms in total. The van der Waals surface area contributed by atoms with Crippen LogP contribution in [0.1, 0.15) is 6.42 Å². The molecule has 0 heterocycles. The lowest BCUT2D eigenvalue weighted by Crippen LogP contribution is -2.04. The Bertz CT molecular complexity index is 274. The van der Waals surface area contributed by atoms with Crippen molar-refractivity contribution in [3.8, 4) is 0 Å². The fourth-order valence-corrected chi connectivity index (χ4v) is 1.25. The normalized spacial score (nSPS) is 19.2. The van der Waals surface area contributed by atoms with Gasteiger partial charge in [0, 0.05) is 0 Å². The summed E-state index contributed by atoms with van der Waals surface area (Å²) in [6.07, 6.45) is 6.26. The quantitative estimate of drug-likeness (QED) is 0.645. The van der Waals surface area contributed by atoms with E-state index in [-0.39, 0.29) is 5.97 Å². The molecule has 12 heavy (non-hydrogen) atoms.